The van der Waals surface area contributed by atoms with Gasteiger partial charge in [-0.05, 0) is 52.3 Å². The summed E-state index contributed by atoms with van der Waals surface area (Å²) in [5, 5.41) is 0. The minimum atomic E-state index is -3.25. The van der Waals surface area contributed by atoms with Crippen LogP contribution in [0, 0.1) is 6.92 Å². The second kappa shape index (κ2) is 10.6. The van der Waals surface area contributed by atoms with Gasteiger partial charge < -0.3 is 18.1 Å². The zero-order valence-corrected chi connectivity index (χ0v) is 17.5. The van der Waals surface area contributed by atoms with Crippen molar-refractivity contribution in [2.45, 2.75) is 46.9 Å². The highest BCUT2D eigenvalue weighted by Gasteiger charge is 2.28. The van der Waals surface area contributed by atoms with Crippen LogP contribution in [0.4, 0.5) is 0 Å². The molecule has 0 N–H and O–H groups in total. The van der Waals surface area contributed by atoms with Crippen LogP contribution in [0.25, 0.3) is 0 Å². The first-order valence-electron chi connectivity index (χ1n) is 8.52. The van der Waals surface area contributed by atoms with Crippen LogP contribution in [0.15, 0.2) is 12.1 Å². The van der Waals surface area contributed by atoms with Crippen molar-refractivity contribution in [3.05, 3.63) is 29.1 Å². The van der Waals surface area contributed by atoms with Crippen LogP contribution in [0.5, 0.6) is 0 Å². The zero-order chi connectivity index (χ0) is 18.9. The Kier molecular flexibility index (Phi) is 9.50. The molecule has 0 aliphatic carbocycles. The van der Waals surface area contributed by atoms with Gasteiger partial charge >= 0.3 is 15.2 Å². The maximum atomic E-state index is 12.7. The average molecular weight is 393 g/mol. The number of nitrogens with zero attached hydrogens (tertiary/aromatic N) is 1. The summed E-state index contributed by atoms with van der Waals surface area (Å²) >= 11 is 0. The van der Waals surface area contributed by atoms with Crippen LogP contribution in [0.1, 0.15) is 44.6 Å². The van der Waals surface area contributed by atoms with Gasteiger partial charge in [-0.15, -0.1) is 0 Å². The van der Waals surface area contributed by atoms with Crippen molar-refractivity contribution in [3.63, 3.8) is 0 Å². The molecule has 0 unspecified atom stereocenters. The SMILES string of the molecule is CCOP(=O)(Cc1cc(C)cc(CP(=O)(OCC)OCC)n1)OCC. The largest absolute Gasteiger partial charge is 0.336 e. The summed E-state index contributed by atoms with van der Waals surface area (Å²) in [6.07, 6.45) is 0.133. The lowest BCUT2D eigenvalue weighted by molar-refractivity contribution is 0.218. The third-order valence-electron chi connectivity index (χ3n) is 3.09. The molecule has 0 radical (unpaired) electrons. The van der Waals surface area contributed by atoms with E-state index in [2.05, 4.69) is 4.98 Å². The molecule has 0 amide bonds. The second-order valence-corrected chi connectivity index (χ2v) is 9.45. The summed E-state index contributed by atoms with van der Waals surface area (Å²) in [5.74, 6) is 0. The van der Waals surface area contributed by atoms with Gasteiger partial charge in [0.25, 0.3) is 0 Å². The van der Waals surface area contributed by atoms with E-state index in [4.69, 9.17) is 18.1 Å². The Bertz CT molecular complexity index is 567. The van der Waals surface area contributed by atoms with E-state index >= 15 is 0 Å². The minimum absolute atomic E-state index is 0.0664. The Morgan fingerprint density at radius 1 is 0.760 bits per heavy atom. The molecule has 1 aromatic rings. The minimum Gasteiger partial charge on any atom is -0.309 e. The molecule has 0 fully saturated rings. The fourth-order valence-corrected chi connectivity index (χ4v) is 5.62. The zero-order valence-electron chi connectivity index (χ0n) is 15.7. The second-order valence-electron chi connectivity index (χ2n) is 5.34. The van der Waals surface area contributed by atoms with E-state index in [0.717, 1.165) is 5.56 Å². The molecule has 1 heterocycles. The van der Waals surface area contributed by atoms with E-state index in [-0.39, 0.29) is 12.3 Å². The fourth-order valence-electron chi connectivity index (χ4n) is 2.42. The van der Waals surface area contributed by atoms with Crippen LogP contribution in [-0.4, -0.2) is 31.4 Å². The lowest BCUT2D eigenvalue weighted by Gasteiger charge is -2.19. The summed E-state index contributed by atoms with van der Waals surface area (Å²) < 4.78 is 46.7. The molecule has 0 aliphatic rings. The molecule has 0 saturated heterocycles. The Morgan fingerprint density at radius 2 is 1.08 bits per heavy atom. The predicted octanol–water partition coefficient (Wildman–Crippen LogP) is 4.92. The van der Waals surface area contributed by atoms with Gasteiger partial charge in [-0.3, -0.25) is 14.1 Å². The Labute approximate surface area is 150 Å². The maximum Gasteiger partial charge on any atom is 0.336 e. The number of hydrogen-bond acceptors (Lipinski definition) is 7. The van der Waals surface area contributed by atoms with Crippen molar-refractivity contribution < 1.29 is 27.2 Å². The summed E-state index contributed by atoms with van der Waals surface area (Å²) in [6, 6.07) is 3.64. The monoisotopic (exact) mass is 393 g/mol. The van der Waals surface area contributed by atoms with Gasteiger partial charge in [0.2, 0.25) is 0 Å². The molecule has 7 nitrogen and oxygen atoms in total. The van der Waals surface area contributed by atoms with Crippen LogP contribution >= 0.6 is 15.2 Å². The third kappa shape index (κ3) is 7.69. The molecular formula is C16H29NO6P2. The number of hydrogen-bond donors (Lipinski definition) is 0. The van der Waals surface area contributed by atoms with Crippen molar-refractivity contribution in [2.75, 3.05) is 26.4 Å². The van der Waals surface area contributed by atoms with E-state index in [0.29, 0.717) is 37.8 Å². The van der Waals surface area contributed by atoms with Gasteiger partial charge in [-0.25, -0.2) is 0 Å². The van der Waals surface area contributed by atoms with Crippen molar-refractivity contribution in [1.29, 1.82) is 0 Å². The number of aryl methyl sites for hydroxylation is 1. The molecule has 0 aromatic carbocycles. The van der Waals surface area contributed by atoms with Gasteiger partial charge in [-0.1, -0.05) is 0 Å². The first-order valence-corrected chi connectivity index (χ1v) is 12.0. The molecule has 9 heteroatoms. The highest BCUT2D eigenvalue weighted by atomic mass is 31.2. The molecular weight excluding hydrogens is 364 g/mol. The molecule has 0 atom stereocenters. The summed E-state index contributed by atoms with van der Waals surface area (Å²) in [6.45, 7) is 10.1. The average Bonchev–Trinajstić information content (AvgIpc) is 2.46. The summed E-state index contributed by atoms with van der Waals surface area (Å²) in [7, 11) is -6.50. The molecule has 0 bridgehead atoms. The lowest BCUT2D eigenvalue weighted by atomic mass is 10.2. The molecule has 1 rings (SSSR count). The first-order chi connectivity index (χ1) is 11.8. The van der Waals surface area contributed by atoms with E-state index in [1.165, 1.54) is 0 Å². The molecule has 25 heavy (non-hydrogen) atoms. The topological polar surface area (TPSA) is 84.0 Å². The Hall–Kier alpha value is -0.550. The quantitative estimate of drug-likeness (QED) is 0.466. The van der Waals surface area contributed by atoms with Gasteiger partial charge in [0.1, 0.15) is 0 Å². The van der Waals surface area contributed by atoms with Crippen LogP contribution < -0.4 is 0 Å². The smallest absolute Gasteiger partial charge is 0.309 e. The number of aromatic nitrogens is 1. The lowest BCUT2D eigenvalue weighted by Crippen LogP contribution is -2.05. The maximum absolute atomic E-state index is 12.7. The predicted molar refractivity (Wildman–Crippen MR) is 98.1 cm³/mol. The summed E-state index contributed by atoms with van der Waals surface area (Å²) in [5.41, 5.74) is 2.05. The summed E-state index contributed by atoms with van der Waals surface area (Å²) in [4.78, 5) is 4.47. The van der Waals surface area contributed by atoms with Crippen LogP contribution in [0.3, 0.4) is 0 Å². The van der Waals surface area contributed by atoms with Crippen molar-refractivity contribution in [3.8, 4) is 0 Å². The van der Waals surface area contributed by atoms with Crippen molar-refractivity contribution in [2.24, 2.45) is 0 Å². The highest BCUT2D eigenvalue weighted by molar-refractivity contribution is 7.53. The van der Waals surface area contributed by atoms with Gasteiger partial charge in [0.15, 0.2) is 0 Å². The molecule has 0 aliphatic heterocycles. The van der Waals surface area contributed by atoms with E-state index in [9.17, 15) is 9.13 Å². The van der Waals surface area contributed by atoms with Crippen LogP contribution in [0.2, 0.25) is 0 Å². The van der Waals surface area contributed by atoms with Gasteiger partial charge in [0, 0.05) is 0 Å². The van der Waals surface area contributed by atoms with Crippen molar-refractivity contribution in [1.82, 2.24) is 4.98 Å². The van der Waals surface area contributed by atoms with Crippen molar-refractivity contribution >= 4 is 15.2 Å². The highest BCUT2D eigenvalue weighted by Crippen LogP contribution is 2.52. The first kappa shape index (κ1) is 22.5. The van der Waals surface area contributed by atoms with E-state index in [1.807, 2.05) is 19.1 Å². The third-order valence-corrected chi connectivity index (χ3v) is 7.12. The Balaban J connectivity index is 3.06. The van der Waals surface area contributed by atoms with Gasteiger partial charge in [0.05, 0.1) is 50.1 Å². The standard InChI is InChI=1S/C16H29NO6P2/c1-6-20-24(18,21-7-2)12-15-10-14(5)11-16(17-15)13-25(19,22-8-3)23-9-4/h10-11H,6-9,12-13H2,1-5H3. The Morgan fingerprint density at radius 3 is 1.36 bits per heavy atom. The fraction of sp³-hybridized carbons (Fsp3) is 0.688. The molecule has 0 saturated carbocycles. The molecule has 144 valence electrons. The molecule has 1 aromatic heterocycles. The number of rotatable bonds is 12. The van der Waals surface area contributed by atoms with Crippen LogP contribution in [-0.2, 0) is 39.5 Å². The normalized spacial score (nSPS) is 12.5. The molecule has 0 spiro atoms. The van der Waals surface area contributed by atoms with Gasteiger partial charge in [-0.2, -0.15) is 0 Å². The van der Waals surface area contributed by atoms with E-state index < -0.39 is 15.2 Å². The van der Waals surface area contributed by atoms with E-state index in [1.54, 1.807) is 27.7 Å². The number of pyridine rings is 1.